The van der Waals surface area contributed by atoms with Gasteiger partial charge in [-0.3, -0.25) is 0 Å². The minimum absolute atomic E-state index is 0.110. The highest BCUT2D eigenvalue weighted by atomic mass is 19.4. The predicted octanol–water partition coefficient (Wildman–Crippen LogP) is 3.49. The van der Waals surface area contributed by atoms with Crippen LogP contribution in [0.25, 0.3) is 0 Å². The van der Waals surface area contributed by atoms with Crippen LogP contribution in [0.1, 0.15) is 23.2 Å². The Kier molecular flexibility index (Phi) is 3.76. The van der Waals surface area contributed by atoms with E-state index < -0.39 is 11.9 Å². The number of halogens is 3. The average Bonchev–Trinajstić information content (AvgIpc) is 2.53. The molecule has 3 rings (SSSR count). The zero-order valence-corrected chi connectivity index (χ0v) is 12.1. The topological polar surface area (TPSA) is 29.0 Å². The summed E-state index contributed by atoms with van der Waals surface area (Å²) in [5, 5.41) is 0. The second kappa shape index (κ2) is 5.59. The van der Waals surface area contributed by atoms with E-state index in [4.69, 9.17) is 0 Å². The number of fused-ring (bicyclic) bond motifs is 1. The number of likely N-dealkylation sites (N-methyl/N-ethyl adjacent to an activating group) is 1. The number of anilines is 1. The van der Waals surface area contributed by atoms with Crippen molar-refractivity contribution in [2.24, 2.45) is 0 Å². The van der Waals surface area contributed by atoms with Crippen molar-refractivity contribution in [2.75, 3.05) is 11.9 Å². The Morgan fingerprint density at radius 1 is 1.14 bits per heavy atom. The molecule has 1 aliphatic rings. The van der Waals surface area contributed by atoms with Gasteiger partial charge in [0.15, 0.2) is 0 Å². The SMILES string of the molecule is CN(c1nccc(C(F)(F)F)n1)C1CCc2ccccc2C1. The lowest BCUT2D eigenvalue weighted by molar-refractivity contribution is -0.141. The molecule has 0 fully saturated rings. The van der Waals surface area contributed by atoms with Crippen molar-refractivity contribution >= 4 is 5.95 Å². The van der Waals surface area contributed by atoms with Crippen LogP contribution in [0.4, 0.5) is 19.1 Å². The normalized spacial score (nSPS) is 17.9. The van der Waals surface area contributed by atoms with Gasteiger partial charge < -0.3 is 4.90 Å². The fourth-order valence-corrected chi connectivity index (χ4v) is 2.85. The molecule has 0 saturated heterocycles. The second-order valence-corrected chi connectivity index (χ2v) is 5.52. The molecule has 0 radical (unpaired) electrons. The van der Waals surface area contributed by atoms with Crippen LogP contribution >= 0.6 is 0 Å². The fraction of sp³-hybridized carbons (Fsp3) is 0.375. The van der Waals surface area contributed by atoms with E-state index in [1.165, 1.54) is 17.3 Å². The van der Waals surface area contributed by atoms with Gasteiger partial charge >= 0.3 is 6.18 Å². The first-order chi connectivity index (χ1) is 10.4. The van der Waals surface area contributed by atoms with Crippen LogP contribution in [0.15, 0.2) is 36.5 Å². The van der Waals surface area contributed by atoms with E-state index in [-0.39, 0.29) is 12.0 Å². The summed E-state index contributed by atoms with van der Waals surface area (Å²) in [4.78, 5) is 9.42. The van der Waals surface area contributed by atoms with Crippen LogP contribution in [-0.2, 0) is 19.0 Å². The van der Waals surface area contributed by atoms with Gasteiger partial charge in [0.1, 0.15) is 5.69 Å². The average molecular weight is 307 g/mol. The van der Waals surface area contributed by atoms with Crippen molar-refractivity contribution in [3.63, 3.8) is 0 Å². The highest BCUT2D eigenvalue weighted by molar-refractivity contribution is 5.37. The van der Waals surface area contributed by atoms with E-state index in [0.29, 0.717) is 0 Å². The van der Waals surface area contributed by atoms with Gasteiger partial charge in [0.05, 0.1) is 0 Å². The first-order valence-corrected chi connectivity index (χ1v) is 7.15. The van der Waals surface area contributed by atoms with E-state index in [2.05, 4.69) is 22.1 Å². The van der Waals surface area contributed by atoms with Gasteiger partial charge in [-0.05, 0) is 36.5 Å². The molecule has 1 aromatic carbocycles. The van der Waals surface area contributed by atoms with Gasteiger partial charge in [0.2, 0.25) is 5.95 Å². The van der Waals surface area contributed by atoms with Crippen LogP contribution in [-0.4, -0.2) is 23.1 Å². The number of benzene rings is 1. The zero-order chi connectivity index (χ0) is 15.7. The first-order valence-electron chi connectivity index (χ1n) is 7.15. The van der Waals surface area contributed by atoms with Gasteiger partial charge in [0, 0.05) is 19.3 Å². The molecule has 0 spiro atoms. The number of hydrogen-bond acceptors (Lipinski definition) is 3. The summed E-state index contributed by atoms with van der Waals surface area (Å²) in [7, 11) is 1.76. The third kappa shape index (κ3) is 2.91. The standard InChI is InChI=1S/C16H16F3N3/c1-22(15-20-9-8-14(21-15)16(17,18)19)13-7-6-11-4-2-3-5-12(11)10-13/h2-5,8-9,13H,6-7,10H2,1H3. The summed E-state index contributed by atoms with van der Waals surface area (Å²) in [5.41, 5.74) is 1.66. The Bertz CT molecular complexity index is 670. The summed E-state index contributed by atoms with van der Waals surface area (Å²) in [5.74, 6) is 0.124. The Morgan fingerprint density at radius 2 is 1.86 bits per heavy atom. The number of alkyl halides is 3. The molecule has 116 valence electrons. The zero-order valence-electron chi connectivity index (χ0n) is 12.1. The Balaban J connectivity index is 1.82. The van der Waals surface area contributed by atoms with Crippen LogP contribution in [0.3, 0.4) is 0 Å². The molecule has 0 N–H and O–H groups in total. The van der Waals surface area contributed by atoms with E-state index in [1.54, 1.807) is 11.9 Å². The monoisotopic (exact) mass is 307 g/mol. The number of hydrogen-bond donors (Lipinski definition) is 0. The number of rotatable bonds is 2. The minimum atomic E-state index is -4.45. The summed E-state index contributed by atoms with van der Waals surface area (Å²) in [6.07, 6.45) is -0.681. The maximum absolute atomic E-state index is 12.8. The van der Waals surface area contributed by atoms with Gasteiger partial charge in [-0.15, -0.1) is 0 Å². The fourth-order valence-electron chi connectivity index (χ4n) is 2.85. The van der Waals surface area contributed by atoms with Gasteiger partial charge in [0.25, 0.3) is 0 Å². The highest BCUT2D eigenvalue weighted by Crippen LogP contribution is 2.29. The summed E-state index contributed by atoms with van der Waals surface area (Å²) < 4.78 is 38.3. The molecule has 0 bridgehead atoms. The Labute approximate surface area is 126 Å². The number of aryl methyl sites for hydroxylation is 1. The molecule has 2 aromatic rings. The van der Waals surface area contributed by atoms with Crippen molar-refractivity contribution in [1.82, 2.24) is 9.97 Å². The lowest BCUT2D eigenvalue weighted by atomic mass is 9.88. The van der Waals surface area contributed by atoms with Crippen molar-refractivity contribution in [1.29, 1.82) is 0 Å². The van der Waals surface area contributed by atoms with Crippen molar-refractivity contribution < 1.29 is 13.2 Å². The number of aromatic nitrogens is 2. The van der Waals surface area contributed by atoms with E-state index in [1.807, 2.05) is 12.1 Å². The van der Waals surface area contributed by atoms with E-state index in [0.717, 1.165) is 25.3 Å². The lowest BCUT2D eigenvalue weighted by Crippen LogP contribution is -2.37. The molecule has 0 saturated carbocycles. The minimum Gasteiger partial charge on any atom is -0.341 e. The summed E-state index contributed by atoms with van der Waals surface area (Å²) >= 11 is 0. The van der Waals surface area contributed by atoms with Crippen LogP contribution in [0.2, 0.25) is 0 Å². The Hall–Kier alpha value is -2.11. The summed E-state index contributed by atoms with van der Waals surface area (Å²) in [6.45, 7) is 0. The van der Waals surface area contributed by atoms with Crippen molar-refractivity contribution in [3.05, 3.63) is 53.3 Å². The maximum atomic E-state index is 12.8. The van der Waals surface area contributed by atoms with Gasteiger partial charge in [-0.1, -0.05) is 24.3 Å². The molecule has 22 heavy (non-hydrogen) atoms. The predicted molar refractivity (Wildman–Crippen MR) is 77.7 cm³/mol. The smallest absolute Gasteiger partial charge is 0.341 e. The third-order valence-corrected chi connectivity index (χ3v) is 4.12. The van der Waals surface area contributed by atoms with Crippen molar-refractivity contribution in [3.8, 4) is 0 Å². The quantitative estimate of drug-likeness (QED) is 0.850. The van der Waals surface area contributed by atoms with Crippen molar-refractivity contribution in [2.45, 2.75) is 31.5 Å². The highest BCUT2D eigenvalue weighted by Gasteiger charge is 2.33. The largest absolute Gasteiger partial charge is 0.433 e. The molecule has 1 heterocycles. The molecule has 0 aliphatic heterocycles. The van der Waals surface area contributed by atoms with E-state index >= 15 is 0 Å². The molecule has 3 nitrogen and oxygen atoms in total. The first kappa shape index (κ1) is 14.8. The van der Waals surface area contributed by atoms with Crippen LogP contribution < -0.4 is 4.90 Å². The molecular formula is C16H16F3N3. The molecule has 6 heteroatoms. The molecule has 1 unspecified atom stereocenters. The van der Waals surface area contributed by atoms with Gasteiger partial charge in [-0.2, -0.15) is 13.2 Å². The molecule has 1 aromatic heterocycles. The Morgan fingerprint density at radius 3 is 2.59 bits per heavy atom. The third-order valence-electron chi connectivity index (χ3n) is 4.12. The molecule has 1 atom stereocenters. The van der Waals surface area contributed by atoms with Crippen LogP contribution in [0, 0.1) is 0 Å². The second-order valence-electron chi connectivity index (χ2n) is 5.52. The van der Waals surface area contributed by atoms with E-state index in [9.17, 15) is 13.2 Å². The molecule has 1 aliphatic carbocycles. The van der Waals surface area contributed by atoms with Gasteiger partial charge in [-0.25, -0.2) is 9.97 Å². The molecule has 0 amide bonds. The summed E-state index contributed by atoms with van der Waals surface area (Å²) in [6, 6.07) is 9.18. The maximum Gasteiger partial charge on any atom is 0.433 e. The number of nitrogens with zero attached hydrogens (tertiary/aromatic N) is 3. The van der Waals surface area contributed by atoms with Crippen LogP contribution in [0.5, 0.6) is 0 Å². The lowest BCUT2D eigenvalue weighted by Gasteiger charge is -2.32. The molecular weight excluding hydrogens is 291 g/mol.